The second-order valence-corrected chi connectivity index (χ2v) is 2.30. The van der Waals surface area contributed by atoms with Crippen LogP contribution >= 0.6 is 0 Å². The largest absolute Gasteiger partial charge is 2.00 e. The van der Waals surface area contributed by atoms with Gasteiger partial charge in [-0.25, -0.2) is 0 Å². The number of rotatable bonds is 0. The first-order valence-corrected chi connectivity index (χ1v) is 4.27. The van der Waals surface area contributed by atoms with Gasteiger partial charge in [0.1, 0.15) is 0 Å². The summed E-state index contributed by atoms with van der Waals surface area (Å²) in [5, 5.41) is 71.4. The smallest absolute Gasteiger partial charge is 0.873 e. The Hall–Kier alpha value is -2.76. The van der Waals surface area contributed by atoms with Crippen LogP contribution in [-0.4, -0.2) is 47.8 Å². The summed E-state index contributed by atoms with van der Waals surface area (Å²) in [7, 11) is 0. The van der Waals surface area contributed by atoms with Gasteiger partial charge in [0, 0.05) is 0 Å². The van der Waals surface area contributed by atoms with Gasteiger partial charge in [-0.05, 0) is 0 Å². The molecule has 0 saturated heterocycles. The molecule has 4 N–H and O–H groups in total. The van der Waals surface area contributed by atoms with Gasteiger partial charge < -0.3 is 84.7 Å². The number of carboxylic acids is 8. The van der Waals surface area contributed by atoms with Crippen LogP contribution in [0, 0.1) is 0 Å². The first kappa shape index (κ1) is 49.9. The van der Waals surface area contributed by atoms with E-state index in [1.807, 2.05) is 0 Å². The molecule has 0 aromatic heterocycles. The molecule has 0 spiro atoms. The topological polar surface area (TPSA) is 356 Å². The Morgan fingerprint density at radius 1 is 0.357 bits per heavy atom. The van der Waals surface area contributed by atoms with Crippen LogP contribution in [0.15, 0.2) is 0 Å². The van der Waals surface area contributed by atoms with Crippen molar-refractivity contribution in [3.63, 3.8) is 0 Å². The van der Waals surface area contributed by atoms with Crippen molar-refractivity contribution >= 4 is 47.8 Å². The van der Waals surface area contributed by atoms with Crippen molar-refractivity contribution in [2.75, 3.05) is 0 Å². The molecular weight excluding hydrogens is 541 g/mol. The third-order valence-electron chi connectivity index (χ3n) is 0.667. The second kappa shape index (κ2) is 29.0. The Morgan fingerprint density at radius 2 is 0.393 bits per heavy atom. The summed E-state index contributed by atoms with van der Waals surface area (Å²) in [4.78, 5) is 71.4. The van der Waals surface area contributed by atoms with Gasteiger partial charge in [-0.2, -0.15) is 0 Å². The molecule has 0 amide bonds. The predicted octanol–water partition coefficient (Wildman–Crippen LogP) is -15.3. The summed E-state index contributed by atoms with van der Waals surface area (Å²) in [5.74, 6) is -17.5. The molecule has 0 unspecified atom stereocenters. The first-order valence-electron chi connectivity index (χ1n) is 4.27. The zero-order chi connectivity index (χ0) is 20.6. The van der Waals surface area contributed by atoms with E-state index in [0.717, 1.165) is 0 Å². The van der Waals surface area contributed by atoms with Crippen molar-refractivity contribution in [2.24, 2.45) is 0 Å². The van der Waals surface area contributed by atoms with Gasteiger partial charge in [-0.1, -0.05) is 0 Å². The van der Waals surface area contributed by atoms with Crippen LogP contribution in [0.5, 0.6) is 0 Å². The van der Waals surface area contributed by atoms with Crippen LogP contribution in [0.1, 0.15) is 0 Å². The second-order valence-electron chi connectivity index (χ2n) is 2.30. The summed E-state index contributed by atoms with van der Waals surface area (Å²) in [6.07, 6.45) is 0. The van der Waals surface area contributed by atoms with E-state index in [4.69, 9.17) is 79.2 Å². The van der Waals surface area contributed by atoms with E-state index in [2.05, 4.69) is 0 Å². The molecule has 0 heterocycles. The molecule has 28 heavy (non-hydrogen) atoms. The first-order chi connectivity index (χ1) is 10.6. The van der Waals surface area contributed by atoms with Crippen molar-refractivity contribution in [3.05, 3.63) is 0 Å². The molecule has 20 heteroatoms. The molecule has 0 bridgehead atoms. The van der Waals surface area contributed by atoms with Gasteiger partial charge in [0.2, 0.25) is 0 Å². The Morgan fingerprint density at radius 3 is 0.393 bits per heavy atom. The average Bonchev–Trinajstić information content (AvgIpc) is 2.40. The monoisotopic (exact) mass is 544 g/mol. The number of carbonyl (C=O) groups is 8. The van der Waals surface area contributed by atoms with E-state index < -0.39 is 47.8 Å². The van der Waals surface area contributed by atoms with Gasteiger partial charge in [0.05, 0.1) is 47.8 Å². The molecule has 0 aromatic carbocycles. The van der Waals surface area contributed by atoms with Crippen LogP contribution in [0.3, 0.4) is 0 Å². The van der Waals surface area contributed by atoms with E-state index in [-0.39, 0.29) is 55.8 Å². The van der Waals surface area contributed by atoms with Gasteiger partial charge in [0.15, 0.2) is 0 Å². The normalized spacial score (nSPS) is 6.29. The standard InChI is InChI=1S/4C2H2O4.Co.Mn.Ni.H4O/c4*3-1(4)2(5)6;;;;/h4*(H,3,4)(H,5,6);;;;1H4/q;;;;4*+2/p-8. The third kappa shape index (κ3) is 65.6. The molecule has 2 radical (unpaired) electrons. The van der Waals surface area contributed by atoms with Gasteiger partial charge in [-0.3, -0.25) is 0 Å². The maximum Gasteiger partial charge on any atom is 2.00 e. The third-order valence-corrected chi connectivity index (χ3v) is 0.667. The zero-order valence-corrected chi connectivity index (χ0v) is 15.5. The summed E-state index contributed by atoms with van der Waals surface area (Å²) in [6.45, 7) is 0. The van der Waals surface area contributed by atoms with E-state index >= 15 is 0 Å². The summed E-state index contributed by atoms with van der Waals surface area (Å²) in [5.41, 5.74) is 0. The average molecular weight is 545 g/mol. The quantitative estimate of drug-likeness (QED) is 0.201. The fourth-order valence-electron chi connectivity index (χ4n) is 0. The van der Waals surface area contributed by atoms with Crippen LogP contribution in [-0.2, 0) is 94.2 Å². The minimum absolute atomic E-state index is 0. The van der Waals surface area contributed by atoms with Crippen molar-refractivity contribution in [2.45, 2.75) is 0 Å². The van der Waals surface area contributed by atoms with Gasteiger partial charge in [-0.15, -0.1) is 0 Å². The SMILES string of the molecule is O=C([O-])C(=O)[O-].O=C([O-])C(=O)[O-].O=C([O-])C(=O)[O-].O=C([O-])C(=O)[O-].[Co+2].[Mn+2].[Ni+2].[OH4+2]. The molecule has 0 atom stereocenters. The Kier molecular flexibility index (Phi) is 51.7. The van der Waals surface area contributed by atoms with Gasteiger partial charge >= 0.3 is 50.3 Å². The van der Waals surface area contributed by atoms with E-state index in [1.54, 1.807) is 0 Å². The van der Waals surface area contributed by atoms with E-state index in [0.29, 0.717) is 0 Å². The summed E-state index contributed by atoms with van der Waals surface area (Å²) in [6, 6.07) is 0. The Balaban J connectivity index is -0.0000000303. The van der Waals surface area contributed by atoms with E-state index in [1.165, 1.54) is 0 Å². The van der Waals surface area contributed by atoms with Crippen molar-refractivity contribution < 1.29 is 135 Å². The maximum atomic E-state index is 8.93. The van der Waals surface area contributed by atoms with Crippen LogP contribution in [0.2, 0.25) is 0 Å². The molecule has 17 nitrogen and oxygen atoms in total. The van der Waals surface area contributed by atoms with Crippen LogP contribution in [0.25, 0.3) is 0 Å². The molecular formula is C8H4CoMnNiO17. The number of hydrogen-bond acceptors (Lipinski definition) is 16. The Bertz CT molecular complexity index is 401. The molecule has 0 aliphatic carbocycles. The molecule has 0 aliphatic rings. The molecule has 0 fully saturated rings. The van der Waals surface area contributed by atoms with Gasteiger partial charge in [0.25, 0.3) is 0 Å². The fourth-order valence-corrected chi connectivity index (χ4v) is 0. The molecule has 0 rings (SSSR count). The van der Waals surface area contributed by atoms with Crippen molar-refractivity contribution in [1.82, 2.24) is 0 Å². The molecule has 0 saturated carbocycles. The minimum atomic E-state index is -2.19. The van der Waals surface area contributed by atoms with E-state index in [9.17, 15) is 0 Å². The molecule has 0 aliphatic heterocycles. The zero-order valence-electron chi connectivity index (χ0n) is 12.3. The summed E-state index contributed by atoms with van der Waals surface area (Å²) < 4.78 is 0. The van der Waals surface area contributed by atoms with Crippen molar-refractivity contribution in [1.29, 1.82) is 0 Å². The molecule has 0 aromatic rings. The number of hydrogen-bond donors (Lipinski definition) is 0. The predicted molar refractivity (Wildman–Crippen MR) is 46.3 cm³/mol. The molecule has 164 valence electrons. The summed E-state index contributed by atoms with van der Waals surface area (Å²) >= 11 is 0. The minimum Gasteiger partial charge on any atom is -0.873 e. The fraction of sp³-hybridized carbons (Fsp3) is 0. The maximum absolute atomic E-state index is 8.93. The van der Waals surface area contributed by atoms with Crippen LogP contribution < -0.4 is 40.9 Å². The number of carbonyl (C=O) groups excluding carboxylic acids is 8. The number of carboxylic acid groups (broad SMARTS) is 8. The van der Waals surface area contributed by atoms with Crippen LogP contribution in [0.4, 0.5) is 0 Å². The van der Waals surface area contributed by atoms with Crippen molar-refractivity contribution in [3.8, 4) is 0 Å². The Labute approximate surface area is 182 Å². The number of aliphatic carboxylic acids is 8.